The molecule has 0 bridgehead atoms. The molecule has 0 radical (unpaired) electrons. The van der Waals surface area contributed by atoms with Crippen molar-refractivity contribution in [3.8, 4) is 0 Å². The minimum Gasteiger partial charge on any atom is -0.396 e. The van der Waals surface area contributed by atoms with E-state index in [9.17, 15) is 9.90 Å². The van der Waals surface area contributed by atoms with Gasteiger partial charge < -0.3 is 10.0 Å². The standard InChI is InChI=1S/C19H25NO2/c1-11-6-14-4-5-20-18(22)8-17-15(10-21)13(3)9-19(17,20)16(14)7-12(11)2/h6-7,13,15,17,21H,4-5,8-10H2,1-3H3/t13-,15+,17-,19?/m0/s1. The Hall–Kier alpha value is -1.35. The molecule has 2 heterocycles. The van der Waals surface area contributed by atoms with Crippen LogP contribution in [-0.2, 0) is 16.8 Å². The van der Waals surface area contributed by atoms with E-state index < -0.39 is 0 Å². The molecule has 1 spiro atoms. The van der Waals surface area contributed by atoms with Gasteiger partial charge in [0.15, 0.2) is 0 Å². The van der Waals surface area contributed by atoms with E-state index in [1.54, 1.807) is 0 Å². The van der Waals surface area contributed by atoms with Gasteiger partial charge in [0.2, 0.25) is 5.91 Å². The van der Waals surface area contributed by atoms with Gasteiger partial charge >= 0.3 is 0 Å². The fourth-order valence-electron chi connectivity index (χ4n) is 5.50. The first-order chi connectivity index (χ1) is 10.5. The molecule has 2 aliphatic heterocycles. The van der Waals surface area contributed by atoms with E-state index in [1.165, 1.54) is 22.3 Å². The van der Waals surface area contributed by atoms with E-state index in [4.69, 9.17) is 0 Å². The molecule has 1 aromatic carbocycles. The Morgan fingerprint density at radius 3 is 2.77 bits per heavy atom. The molecule has 4 atom stereocenters. The minimum absolute atomic E-state index is 0.143. The smallest absolute Gasteiger partial charge is 0.223 e. The van der Waals surface area contributed by atoms with Gasteiger partial charge in [0.05, 0.1) is 5.54 Å². The molecule has 3 aliphatic rings. The van der Waals surface area contributed by atoms with Crippen LogP contribution in [0.15, 0.2) is 12.1 Å². The van der Waals surface area contributed by atoms with Gasteiger partial charge in [0.1, 0.15) is 0 Å². The Morgan fingerprint density at radius 2 is 2.05 bits per heavy atom. The zero-order valence-corrected chi connectivity index (χ0v) is 13.7. The van der Waals surface area contributed by atoms with Gasteiger partial charge in [0.25, 0.3) is 0 Å². The maximum atomic E-state index is 12.6. The lowest BCUT2D eigenvalue weighted by atomic mass is 9.73. The Balaban J connectivity index is 1.94. The highest BCUT2D eigenvalue weighted by molar-refractivity contribution is 5.82. The first-order valence-corrected chi connectivity index (χ1v) is 8.51. The predicted octanol–water partition coefficient (Wildman–Crippen LogP) is 2.55. The van der Waals surface area contributed by atoms with Gasteiger partial charge in [-0.3, -0.25) is 4.79 Å². The van der Waals surface area contributed by atoms with E-state index in [2.05, 4.69) is 37.8 Å². The number of hydrogen-bond donors (Lipinski definition) is 1. The zero-order chi connectivity index (χ0) is 15.6. The number of nitrogens with zero attached hydrogens (tertiary/aromatic N) is 1. The van der Waals surface area contributed by atoms with Crippen LogP contribution in [0.3, 0.4) is 0 Å². The van der Waals surface area contributed by atoms with Crippen LogP contribution in [0.2, 0.25) is 0 Å². The van der Waals surface area contributed by atoms with E-state index in [1.807, 2.05) is 0 Å². The number of carbonyl (C=O) groups excluding carboxylic acids is 1. The molecule has 3 heteroatoms. The van der Waals surface area contributed by atoms with Crippen LogP contribution in [-0.4, -0.2) is 29.1 Å². The van der Waals surface area contributed by atoms with Crippen molar-refractivity contribution in [3.63, 3.8) is 0 Å². The fourth-order valence-corrected chi connectivity index (χ4v) is 5.50. The predicted molar refractivity (Wildman–Crippen MR) is 85.5 cm³/mol. The zero-order valence-electron chi connectivity index (χ0n) is 13.7. The number of aliphatic hydroxyl groups is 1. The van der Waals surface area contributed by atoms with E-state index in [0.717, 1.165) is 19.4 Å². The molecule has 4 rings (SSSR count). The number of hydrogen-bond acceptors (Lipinski definition) is 2. The summed E-state index contributed by atoms with van der Waals surface area (Å²) in [5, 5.41) is 9.87. The van der Waals surface area contributed by atoms with Crippen molar-refractivity contribution in [3.05, 3.63) is 34.4 Å². The number of carbonyl (C=O) groups is 1. The maximum absolute atomic E-state index is 12.6. The molecule has 1 aromatic rings. The lowest BCUT2D eigenvalue weighted by Gasteiger charge is -2.45. The molecular weight excluding hydrogens is 274 g/mol. The summed E-state index contributed by atoms with van der Waals surface area (Å²) in [7, 11) is 0. The normalized spacial score (nSPS) is 36.3. The molecular formula is C19H25NO2. The molecule has 1 aliphatic carbocycles. The van der Waals surface area contributed by atoms with Crippen molar-refractivity contribution in [2.45, 2.75) is 45.6 Å². The fraction of sp³-hybridized carbons (Fsp3) is 0.632. The van der Waals surface area contributed by atoms with Crippen molar-refractivity contribution in [1.82, 2.24) is 4.90 Å². The molecule has 1 N–H and O–H groups in total. The van der Waals surface area contributed by atoms with Gasteiger partial charge in [-0.1, -0.05) is 19.1 Å². The SMILES string of the molecule is Cc1cc2c(cc1C)C13C[C@H](C)[C@@H](CO)[C@@H]1CC(=O)N3CC2. The third kappa shape index (κ3) is 1.58. The maximum Gasteiger partial charge on any atom is 0.223 e. The summed E-state index contributed by atoms with van der Waals surface area (Å²) < 4.78 is 0. The summed E-state index contributed by atoms with van der Waals surface area (Å²) in [6.45, 7) is 7.63. The Morgan fingerprint density at radius 1 is 1.32 bits per heavy atom. The quantitative estimate of drug-likeness (QED) is 0.866. The van der Waals surface area contributed by atoms with Crippen LogP contribution < -0.4 is 0 Å². The second-order valence-electron chi connectivity index (χ2n) is 7.65. The van der Waals surface area contributed by atoms with Crippen molar-refractivity contribution in [1.29, 1.82) is 0 Å². The summed E-state index contributed by atoms with van der Waals surface area (Å²) in [6.07, 6.45) is 2.58. The van der Waals surface area contributed by atoms with Crippen LogP contribution in [0, 0.1) is 31.6 Å². The average molecular weight is 299 g/mol. The number of aryl methyl sites for hydroxylation is 2. The third-order valence-corrected chi connectivity index (χ3v) is 6.67. The Kier molecular flexibility index (Phi) is 2.96. The van der Waals surface area contributed by atoms with Crippen LogP contribution in [0.25, 0.3) is 0 Å². The highest BCUT2D eigenvalue weighted by Gasteiger charge is 2.63. The first-order valence-electron chi connectivity index (χ1n) is 8.51. The molecule has 1 amide bonds. The molecule has 1 saturated carbocycles. The molecule has 0 aromatic heterocycles. The summed E-state index contributed by atoms with van der Waals surface area (Å²) >= 11 is 0. The Labute approximate surface area is 132 Å². The lowest BCUT2D eigenvalue weighted by molar-refractivity contribution is -0.132. The number of fused-ring (bicyclic) bond motifs is 1. The van der Waals surface area contributed by atoms with Crippen molar-refractivity contribution in [2.75, 3.05) is 13.2 Å². The van der Waals surface area contributed by atoms with Gasteiger partial charge in [-0.15, -0.1) is 0 Å². The van der Waals surface area contributed by atoms with Crippen molar-refractivity contribution in [2.24, 2.45) is 17.8 Å². The summed E-state index contributed by atoms with van der Waals surface area (Å²) in [5.41, 5.74) is 5.31. The largest absolute Gasteiger partial charge is 0.396 e. The van der Waals surface area contributed by atoms with Crippen molar-refractivity contribution < 1.29 is 9.90 Å². The number of benzene rings is 1. The van der Waals surface area contributed by atoms with E-state index in [0.29, 0.717) is 18.2 Å². The second-order valence-corrected chi connectivity index (χ2v) is 7.65. The highest BCUT2D eigenvalue weighted by atomic mass is 16.3. The molecule has 1 saturated heterocycles. The molecule has 22 heavy (non-hydrogen) atoms. The monoisotopic (exact) mass is 299 g/mol. The summed E-state index contributed by atoms with van der Waals surface area (Å²) in [4.78, 5) is 14.7. The van der Waals surface area contributed by atoms with E-state index in [-0.39, 0.29) is 24.0 Å². The summed E-state index contributed by atoms with van der Waals surface area (Å²) in [5.74, 6) is 1.29. The molecule has 3 nitrogen and oxygen atoms in total. The number of amides is 1. The van der Waals surface area contributed by atoms with E-state index >= 15 is 0 Å². The van der Waals surface area contributed by atoms with Gasteiger partial charge in [-0.05, 0) is 60.8 Å². The first kappa shape index (κ1) is 14.3. The third-order valence-electron chi connectivity index (χ3n) is 6.67. The highest BCUT2D eigenvalue weighted by Crippen LogP contribution is 2.60. The van der Waals surface area contributed by atoms with Gasteiger partial charge in [0, 0.05) is 25.5 Å². The van der Waals surface area contributed by atoms with Crippen LogP contribution in [0.4, 0.5) is 0 Å². The number of rotatable bonds is 1. The lowest BCUT2D eigenvalue weighted by Crippen LogP contribution is -2.49. The topological polar surface area (TPSA) is 40.5 Å². The average Bonchev–Trinajstić information content (AvgIpc) is 2.89. The van der Waals surface area contributed by atoms with Crippen LogP contribution in [0.5, 0.6) is 0 Å². The van der Waals surface area contributed by atoms with Crippen LogP contribution in [0.1, 0.15) is 42.0 Å². The molecule has 118 valence electrons. The molecule has 2 fully saturated rings. The van der Waals surface area contributed by atoms with Gasteiger partial charge in [-0.2, -0.15) is 0 Å². The van der Waals surface area contributed by atoms with Gasteiger partial charge in [-0.25, -0.2) is 0 Å². The molecule has 1 unspecified atom stereocenters. The Bertz CT molecular complexity index is 653. The van der Waals surface area contributed by atoms with Crippen molar-refractivity contribution >= 4 is 5.91 Å². The van der Waals surface area contributed by atoms with Crippen LogP contribution >= 0.6 is 0 Å². The minimum atomic E-state index is -0.143. The summed E-state index contributed by atoms with van der Waals surface area (Å²) in [6, 6.07) is 4.66. The number of aliphatic hydroxyl groups excluding tert-OH is 1. The second kappa shape index (κ2) is 4.58.